The van der Waals surface area contributed by atoms with E-state index in [1.807, 2.05) is 48.6 Å². The van der Waals surface area contributed by atoms with Crippen molar-refractivity contribution in [3.63, 3.8) is 0 Å². The van der Waals surface area contributed by atoms with Crippen molar-refractivity contribution in [3.05, 3.63) is 82.4 Å². The van der Waals surface area contributed by atoms with Crippen LogP contribution in [0.1, 0.15) is 12.5 Å². The number of hydrogen-bond acceptors (Lipinski definition) is 3. The Labute approximate surface area is 162 Å². The highest BCUT2D eigenvalue weighted by Gasteiger charge is 2.05. The number of benzene rings is 2. The Hall–Kier alpha value is -2.56. The molecule has 1 amide bonds. The van der Waals surface area contributed by atoms with Crippen molar-refractivity contribution in [1.82, 2.24) is 5.43 Å². The molecule has 0 heterocycles. The van der Waals surface area contributed by atoms with Gasteiger partial charge >= 0.3 is 0 Å². The van der Waals surface area contributed by atoms with Gasteiger partial charge in [0.15, 0.2) is 6.61 Å². The molecule has 0 saturated heterocycles. The highest BCUT2D eigenvalue weighted by atomic mass is 35.5. The first-order chi connectivity index (χ1) is 12.5. The molecule has 2 aromatic rings. The number of amides is 1. The van der Waals surface area contributed by atoms with Gasteiger partial charge < -0.3 is 4.74 Å². The van der Waals surface area contributed by atoms with Gasteiger partial charge in [0.25, 0.3) is 5.91 Å². The van der Waals surface area contributed by atoms with E-state index in [2.05, 4.69) is 10.5 Å². The van der Waals surface area contributed by atoms with Crippen LogP contribution in [-0.4, -0.2) is 18.2 Å². The van der Waals surface area contributed by atoms with Crippen LogP contribution in [0.2, 0.25) is 10.0 Å². The minimum Gasteiger partial charge on any atom is -0.482 e. The summed E-state index contributed by atoms with van der Waals surface area (Å²) >= 11 is 11.8. The van der Waals surface area contributed by atoms with E-state index in [4.69, 9.17) is 27.9 Å². The van der Waals surface area contributed by atoms with E-state index in [0.29, 0.717) is 21.5 Å². The lowest BCUT2D eigenvalue weighted by Crippen LogP contribution is -2.25. The Morgan fingerprint density at radius 1 is 1.15 bits per heavy atom. The van der Waals surface area contributed by atoms with Gasteiger partial charge in [0.05, 0.1) is 10.7 Å². The first-order valence-corrected chi connectivity index (χ1v) is 8.61. The molecule has 0 spiro atoms. The van der Waals surface area contributed by atoms with Gasteiger partial charge in [-0.3, -0.25) is 4.79 Å². The molecule has 6 heteroatoms. The van der Waals surface area contributed by atoms with Crippen LogP contribution in [0.15, 0.2) is 71.9 Å². The van der Waals surface area contributed by atoms with Crippen molar-refractivity contribution in [2.45, 2.75) is 6.92 Å². The fourth-order valence-corrected chi connectivity index (χ4v) is 2.34. The number of ether oxygens (including phenoxy) is 1. The van der Waals surface area contributed by atoms with Gasteiger partial charge in [-0.15, -0.1) is 0 Å². The van der Waals surface area contributed by atoms with Gasteiger partial charge in [0, 0.05) is 5.02 Å². The van der Waals surface area contributed by atoms with Crippen molar-refractivity contribution in [1.29, 1.82) is 0 Å². The van der Waals surface area contributed by atoms with Crippen LogP contribution < -0.4 is 10.2 Å². The SMILES string of the molecule is CC(/C=C/C=C/c1ccccc1)=N/NC(=O)COc1ccc(Cl)cc1Cl. The average Bonchev–Trinajstić information content (AvgIpc) is 2.63. The van der Waals surface area contributed by atoms with Gasteiger partial charge in [0.1, 0.15) is 5.75 Å². The minimum atomic E-state index is -0.386. The van der Waals surface area contributed by atoms with Gasteiger partial charge in [-0.25, -0.2) is 5.43 Å². The van der Waals surface area contributed by atoms with Crippen LogP contribution in [0.4, 0.5) is 0 Å². The summed E-state index contributed by atoms with van der Waals surface area (Å²) in [7, 11) is 0. The number of hydrazone groups is 1. The van der Waals surface area contributed by atoms with Crippen LogP contribution in [0, 0.1) is 0 Å². The lowest BCUT2D eigenvalue weighted by Gasteiger charge is -2.07. The standard InChI is InChI=1S/C20H18Cl2N2O2/c1-15(7-5-6-10-16-8-3-2-4-9-16)23-24-20(25)14-26-19-12-11-17(21)13-18(19)22/h2-13H,14H2,1H3,(H,24,25)/b7-5+,10-6+,23-15-. The maximum absolute atomic E-state index is 11.8. The quantitative estimate of drug-likeness (QED) is 0.405. The maximum Gasteiger partial charge on any atom is 0.277 e. The third-order valence-corrected chi connectivity index (χ3v) is 3.68. The summed E-state index contributed by atoms with van der Waals surface area (Å²) in [6.45, 7) is 1.58. The molecule has 2 rings (SSSR count). The van der Waals surface area contributed by atoms with Crippen LogP contribution >= 0.6 is 23.2 Å². The van der Waals surface area contributed by atoms with Crippen molar-refractivity contribution in [2.24, 2.45) is 5.10 Å². The van der Waals surface area contributed by atoms with Crippen molar-refractivity contribution < 1.29 is 9.53 Å². The summed E-state index contributed by atoms with van der Waals surface area (Å²) in [4.78, 5) is 11.8. The van der Waals surface area contributed by atoms with E-state index >= 15 is 0 Å². The van der Waals surface area contributed by atoms with E-state index in [0.717, 1.165) is 5.56 Å². The molecule has 0 aliphatic carbocycles. The largest absolute Gasteiger partial charge is 0.482 e. The second-order valence-corrected chi connectivity index (χ2v) is 6.12. The first kappa shape index (κ1) is 19.8. The second-order valence-electron chi connectivity index (χ2n) is 5.28. The highest BCUT2D eigenvalue weighted by molar-refractivity contribution is 6.35. The van der Waals surface area contributed by atoms with Gasteiger partial charge in [-0.05, 0) is 36.8 Å². The monoisotopic (exact) mass is 388 g/mol. The zero-order valence-electron chi connectivity index (χ0n) is 14.2. The molecule has 0 bridgehead atoms. The fourth-order valence-electron chi connectivity index (χ4n) is 1.88. The zero-order valence-corrected chi connectivity index (χ0v) is 15.7. The Morgan fingerprint density at radius 3 is 2.65 bits per heavy atom. The molecule has 26 heavy (non-hydrogen) atoms. The van der Waals surface area contributed by atoms with Crippen LogP contribution in [-0.2, 0) is 4.79 Å². The normalized spacial score (nSPS) is 11.9. The highest BCUT2D eigenvalue weighted by Crippen LogP contribution is 2.27. The van der Waals surface area contributed by atoms with E-state index in [1.54, 1.807) is 31.2 Å². The third kappa shape index (κ3) is 7.13. The van der Waals surface area contributed by atoms with Crippen molar-refractivity contribution in [3.8, 4) is 5.75 Å². The molecular formula is C20H18Cl2N2O2. The summed E-state index contributed by atoms with van der Waals surface area (Å²) in [6, 6.07) is 14.7. The van der Waals surface area contributed by atoms with Crippen molar-refractivity contribution >= 4 is 40.9 Å². The number of nitrogens with zero attached hydrogens (tertiary/aromatic N) is 1. The van der Waals surface area contributed by atoms with E-state index < -0.39 is 0 Å². The predicted molar refractivity (Wildman–Crippen MR) is 108 cm³/mol. The number of carbonyl (C=O) groups is 1. The molecule has 0 saturated carbocycles. The molecule has 0 aliphatic rings. The zero-order chi connectivity index (χ0) is 18.8. The molecular weight excluding hydrogens is 371 g/mol. The predicted octanol–water partition coefficient (Wildman–Crippen LogP) is 5.13. The summed E-state index contributed by atoms with van der Waals surface area (Å²) in [5.41, 5.74) is 4.18. The molecule has 1 N–H and O–H groups in total. The molecule has 2 aromatic carbocycles. The average molecular weight is 389 g/mol. The van der Waals surface area contributed by atoms with E-state index in [-0.39, 0.29) is 12.5 Å². The molecule has 134 valence electrons. The number of halogens is 2. The molecule has 0 fully saturated rings. The number of allylic oxidation sites excluding steroid dienone is 3. The number of carbonyl (C=O) groups excluding carboxylic acids is 1. The summed E-state index contributed by atoms with van der Waals surface area (Å²) in [5, 5.41) is 4.83. The maximum atomic E-state index is 11.8. The molecule has 0 atom stereocenters. The molecule has 4 nitrogen and oxygen atoms in total. The molecule has 0 aliphatic heterocycles. The van der Waals surface area contributed by atoms with Gasteiger partial charge in [-0.2, -0.15) is 5.10 Å². The lowest BCUT2D eigenvalue weighted by atomic mass is 10.2. The molecule has 0 radical (unpaired) electrons. The van der Waals surface area contributed by atoms with Gasteiger partial charge in [0.2, 0.25) is 0 Å². The minimum absolute atomic E-state index is 0.199. The fraction of sp³-hybridized carbons (Fsp3) is 0.100. The first-order valence-electron chi connectivity index (χ1n) is 7.85. The van der Waals surface area contributed by atoms with Crippen LogP contribution in [0.5, 0.6) is 5.75 Å². The smallest absolute Gasteiger partial charge is 0.277 e. The molecule has 0 unspecified atom stereocenters. The Balaban J connectivity index is 1.77. The van der Waals surface area contributed by atoms with Crippen LogP contribution in [0.25, 0.3) is 6.08 Å². The Morgan fingerprint density at radius 2 is 1.92 bits per heavy atom. The summed E-state index contributed by atoms with van der Waals surface area (Å²) in [5.74, 6) is 0.00135. The Bertz CT molecular complexity index is 831. The topological polar surface area (TPSA) is 50.7 Å². The van der Waals surface area contributed by atoms with Crippen molar-refractivity contribution in [2.75, 3.05) is 6.61 Å². The number of nitrogens with one attached hydrogen (secondary N) is 1. The summed E-state index contributed by atoms with van der Waals surface area (Å²) < 4.78 is 5.33. The summed E-state index contributed by atoms with van der Waals surface area (Å²) in [6.07, 6.45) is 7.52. The Kier molecular flexibility index (Phi) is 7.93. The van der Waals surface area contributed by atoms with E-state index in [1.165, 1.54) is 0 Å². The second kappa shape index (κ2) is 10.4. The van der Waals surface area contributed by atoms with E-state index in [9.17, 15) is 4.79 Å². The lowest BCUT2D eigenvalue weighted by molar-refractivity contribution is -0.123. The van der Waals surface area contributed by atoms with Gasteiger partial charge in [-0.1, -0.05) is 71.8 Å². The third-order valence-electron chi connectivity index (χ3n) is 3.15. The number of rotatable bonds is 7. The van der Waals surface area contributed by atoms with Crippen LogP contribution in [0.3, 0.4) is 0 Å². The number of hydrogen-bond donors (Lipinski definition) is 1. The molecule has 0 aromatic heterocycles.